The zero-order valence-corrected chi connectivity index (χ0v) is 19.1. The van der Waals surface area contributed by atoms with Gasteiger partial charge in [0.25, 0.3) is 0 Å². The molecule has 1 saturated heterocycles. The summed E-state index contributed by atoms with van der Waals surface area (Å²) in [6.07, 6.45) is 9.41. The van der Waals surface area contributed by atoms with Crippen LogP contribution in [0, 0.1) is 0 Å². The Morgan fingerprint density at radius 2 is 1.10 bits per heavy atom. The summed E-state index contributed by atoms with van der Waals surface area (Å²) in [6.45, 7) is 4.29. The van der Waals surface area contributed by atoms with Gasteiger partial charge in [0.2, 0.25) is 0 Å². The van der Waals surface area contributed by atoms with Gasteiger partial charge in [0, 0.05) is 18.5 Å². The molecule has 1 rings (SSSR count). The van der Waals surface area contributed by atoms with Gasteiger partial charge in [-0.1, -0.05) is 63.6 Å². The number of rotatable bonds is 9. The zero-order chi connectivity index (χ0) is 16.0. The molecule has 0 bridgehead atoms. The Hall–Kier alpha value is 2.22. The molecule has 126 valence electrons. The third-order valence-electron chi connectivity index (χ3n) is 3.10. The van der Waals surface area contributed by atoms with Gasteiger partial charge < -0.3 is 0 Å². The van der Waals surface area contributed by atoms with Crippen LogP contribution in [0.2, 0.25) is 0 Å². The first-order valence-corrected chi connectivity index (χ1v) is 18.4. The van der Waals surface area contributed by atoms with E-state index in [1.54, 1.807) is 11.0 Å². The lowest BCUT2D eigenvalue weighted by Crippen LogP contribution is -2.05. The van der Waals surface area contributed by atoms with E-state index in [4.69, 9.17) is 44.0 Å². The highest BCUT2D eigenvalue weighted by Gasteiger charge is 2.43. The predicted octanol–water partition coefficient (Wildman–Crippen LogP) is 7.10. The average molecular weight is 425 g/mol. The Balaban J connectivity index is 2.95. The highest BCUT2D eigenvalue weighted by Crippen LogP contribution is 2.91. The summed E-state index contributed by atoms with van der Waals surface area (Å²) in [5, 5.41) is 0. The van der Waals surface area contributed by atoms with Crippen LogP contribution in [-0.2, 0) is 44.0 Å². The molecule has 0 aromatic carbocycles. The third-order valence-corrected chi connectivity index (χ3v) is 26.1. The van der Waals surface area contributed by atoms with E-state index in [0.29, 0.717) is 0 Å². The topological polar surface area (TPSA) is 18.5 Å². The van der Waals surface area contributed by atoms with Crippen LogP contribution in [0.4, 0.5) is 0 Å². The Morgan fingerprint density at radius 1 is 0.714 bits per heavy atom. The minimum atomic E-state index is -2.25. The van der Waals surface area contributed by atoms with Crippen molar-refractivity contribution in [2.45, 2.75) is 59.3 Å². The molecule has 2 nitrogen and oxygen atoms in total. The third kappa shape index (κ3) is 7.32. The molecule has 1 fully saturated rings. The second-order valence-corrected chi connectivity index (χ2v) is 23.9. The highest BCUT2D eigenvalue weighted by molar-refractivity contribution is 8.99. The van der Waals surface area contributed by atoms with E-state index in [-0.39, 0.29) is 0 Å². The molecule has 0 N–H and O–H groups in total. The van der Waals surface area contributed by atoms with Gasteiger partial charge in [-0.3, -0.25) is 8.62 Å². The largest absolute Gasteiger partial charge is 0.286 e. The van der Waals surface area contributed by atoms with Crippen LogP contribution in [0.15, 0.2) is 0 Å². The Morgan fingerprint density at radius 3 is 1.48 bits per heavy atom. The molecule has 1 heterocycles. The van der Waals surface area contributed by atoms with Gasteiger partial charge in [-0.25, -0.2) is 0 Å². The molecule has 21 heavy (non-hydrogen) atoms. The standard InChI is InChI=1S/C12H27O2P3S4/c1-4-7-10-15(18)13-16(19,11-8-5-2)21-17(20,14-15)12-9-6-3/h4-12H2,1-3H3. The van der Waals surface area contributed by atoms with Crippen molar-refractivity contribution in [3.8, 4) is 0 Å². The first kappa shape index (κ1) is 21.3. The second kappa shape index (κ2) is 9.64. The van der Waals surface area contributed by atoms with E-state index >= 15 is 0 Å². The molecular formula is C12H27O2P3S4. The molecule has 0 radical (unpaired) electrons. The summed E-state index contributed by atoms with van der Waals surface area (Å²) in [5.74, 6) is 0. The smallest absolute Gasteiger partial charge is 0.197 e. The van der Waals surface area contributed by atoms with E-state index < -0.39 is 17.4 Å². The fourth-order valence-corrected chi connectivity index (χ4v) is 34.5. The molecule has 0 aliphatic carbocycles. The van der Waals surface area contributed by atoms with Crippen molar-refractivity contribution in [3.05, 3.63) is 0 Å². The van der Waals surface area contributed by atoms with Crippen molar-refractivity contribution in [2.24, 2.45) is 0 Å². The summed E-state index contributed by atoms with van der Waals surface area (Å²) in [4.78, 5) is 0. The molecule has 0 saturated carbocycles. The number of hydrogen-bond donors (Lipinski definition) is 0. The van der Waals surface area contributed by atoms with Crippen LogP contribution in [-0.4, -0.2) is 18.5 Å². The Bertz CT molecular complexity index is 385. The average Bonchev–Trinajstić information content (AvgIpc) is 2.39. The van der Waals surface area contributed by atoms with Crippen molar-refractivity contribution in [3.63, 3.8) is 0 Å². The quantitative estimate of drug-likeness (QED) is 0.365. The second-order valence-electron chi connectivity index (χ2n) is 5.31. The lowest BCUT2D eigenvalue weighted by molar-refractivity contribution is 0.542. The molecule has 1 aliphatic rings. The van der Waals surface area contributed by atoms with Crippen molar-refractivity contribution >= 4 is 63.8 Å². The van der Waals surface area contributed by atoms with Gasteiger partial charge in [0.15, 0.2) is 6.49 Å². The van der Waals surface area contributed by atoms with Crippen LogP contribution in [0.5, 0.6) is 0 Å². The summed E-state index contributed by atoms with van der Waals surface area (Å²) < 4.78 is 12.6. The van der Waals surface area contributed by atoms with Gasteiger partial charge >= 0.3 is 0 Å². The molecule has 0 aromatic heterocycles. The van der Waals surface area contributed by atoms with E-state index in [1.807, 2.05) is 0 Å². The molecule has 0 spiro atoms. The normalized spacial score (nSPS) is 36.7. The minimum Gasteiger partial charge on any atom is -0.286 e. The lowest BCUT2D eigenvalue weighted by atomic mass is 10.4. The van der Waals surface area contributed by atoms with Crippen molar-refractivity contribution in [1.29, 1.82) is 0 Å². The molecule has 0 aromatic rings. The van der Waals surface area contributed by atoms with Crippen molar-refractivity contribution < 1.29 is 8.62 Å². The first-order chi connectivity index (χ1) is 9.80. The SMILES string of the molecule is CCCCP1(=S)OP(=S)(CCCC)SP(=S)(CCCC)O1. The molecule has 2 atom stereocenters. The van der Waals surface area contributed by atoms with Gasteiger partial charge in [-0.05, 0) is 42.1 Å². The Kier molecular flexibility index (Phi) is 9.76. The van der Waals surface area contributed by atoms with E-state index in [9.17, 15) is 0 Å². The summed E-state index contributed by atoms with van der Waals surface area (Å²) in [6, 6.07) is 0. The minimum absolute atomic E-state index is 0.842. The van der Waals surface area contributed by atoms with Gasteiger partial charge in [0.1, 0.15) is 10.9 Å². The van der Waals surface area contributed by atoms with Crippen LogP contribution in [0.3, 0.4) is 0 Å². The highest BCUT2D eigenvalue weighted by atomic mass is 33.2. The summed E-state index contributed by atoms with van der Waals surface area (Å²) in [5.41, 5.74) is -3.88. The van der Waals surface area contributed by atoms with Crippen molar-refractivity contribution in [1.82, 2.24) is 0 Å². The van der Waals surface area contributed by atoms with Crippen LogP contribution < -0.4 is 0 Å². The summed E-state index contributed by atoms with van der Waals surface area (Å²) >= 11 is 19.3. The lowest BCUT2D eigenvalue weighted by Gasteiger charge is -2.41. The summed E-state index contributed by atoms with van der Waals surface area (Å²) in [7, 11) is 0. The van der Waals surface area contributed by atoms with E-state index in [1.165, 1.54) is 0 Å². The number of unbranched alkanes of at least 4 members (excludes halogenated alkanes) is 3. The maximum Gasteiger partial charge on any atom is 0.197 e. The van der Waals surface area contributed by atoms with E-state index in [2.05, 4.69) is 20.8 Å². The van der Waals surface area contributed by atoms with Crippen molar-refractivity contribution in [2.75, 3.05) is 18.5 Å². The molecule has 9 heteroatoms. The number of hydrogen-bond acceptors (Lipinski definition) is 6. The maximum atomic E-state index is 6.29. The monoisotopic (exact) mass is 424 g/mol. The fourth-order valence-electron chi connectivity index (χ4n) is 1.91. The molecule has 1 aliphatic heterocycles. The first-order valence-electron chi connectivity index (χ1n) is 7.71. The molecule has 2 unspecified atom stereocenters. The van der Waals surface area contributed by atoms with Gasteiger partial charge in [0.05, 0.1) is 0 Å². The predicted molar refractivity (Wildman–Crippen MR) is 112 cm³/mol. The van der Waals surface area contributed by atoms with Crippen LogP contribution in [0.25, 0.3) is 0 Å². The molecule has 0 amide bonds. The maximum absolute atomic E-state index is 6.29. The molecular weight excluding hydrogens is 397 g/mol. The van der Waals surface area contributed by atoms with Gasteiger partial charge in [-0.2, -0.15) is 0 Å². The fraction of sp³-hybridized carbons (Fsp3) is 1.00. The van der Waals surface area contributed by atoms with E-state index in [0.717, 1.165) is 57.0 Å². The van der Waals surface area contributed by atoms with Crippen LogP contribution >= 0.6 is 28.4 Å². The Labute approximate surface area is 149 Å². The van der Waals surface area contributed by atoms with Gasteiger partial charge in [-0.15, -0.1) is 0 Å². The zero-order valence-electron chi connectivity index (χ0n) is 13.2. The van der Waals surface area contributed by atoms with Crippen LogP contribution in [0.1, 0.15) is 59.3 Å².